The molecule has 0 aromatic carbocycles. The predicted octanol–water partition coefficient (Wildman–Crippen LogP) is 0.741. The van der Waals surface area contributed by atoms with Gasteiger partial charge in [-0.1, -0.05) is 0 Å². The van der Waals surface area contributed by atoms with Gasteiger partial charge in [-0.3, -0.25) is 14.6 Å². The fourth-order valence-corrected chi connectivity index (χ4v) is 3.75. The molecule has 0 aromatic heterocycles. The van der Waals surface area contributed by atoms with Crippen LogP contribution < -0.4 is 0 Å². The zero-order valence-electron chi connectivity index (χ0n) is 14.1. The number of carbonyl (C=O) groups is 1. The maximum Gasteiger partial charge on any atom is 0.166 e. The fraction of sp³-hybridized carbons (Fsp3) is 0.941. The molecular formula is C17H32N2O3. The molecule has 0 spiro atoms. The van der Waals surface area contributed by atoms with E-state index in [0.29, 0.717) is 17.6 Å². The number of nitrogens with zero attached hydrogens (tertiary/aromatic N) is 2. The van der Waals surface area contributed by atoms with Gasteiger partial charge >= 0.3 is 0 Å². The first kappa shape index (κ1) is 17.9. The molecule has 5 heteroatoms. The molecular weight excluding hydrogens is 280 g/mol. The number of hydrogen-bond donors (Lipinski definition) is 2. The van der Waals surface area contributed by atoms with E-state index in [1.807, 2.05) is 13.8 Å². The number of aliphatic hydroxyl groups excluding tert-OH is 2. The number of carbonyl (C=O) groups excluding carboxylic acids is 1. The first-order chi connectivity index (χ1) is 10.6. The van der Waals surface area contributed by atoms with Crippen molar-refractivity contribution in [2.24, 2.45) is 11.8 Å². The Balaban J connectivity index is 1.82. The SMILES string of the molecule is CC(C(=O)C(C)N1CCC(CO)CC1)N1CCC(CO)CC1. The molecule has 0 saturated carbocycles. The highest BCUT2D eigenvalue weighted by molar-refractivity contribution is 5.88. The van der Waals surface area contributed by atoms with E-state index in [9.17, 15) is 15.0 Å². The van der Waals surface area contributed by atoms with Gasteiger partial charge in [0.15, 0.2) is 5.78 Å². The number of rotatable bonds is 6. The van der Waals surface area contributed by atoms with E-state index in [1.165, 1.54) is 0 Å². The Morgan fingerprint density at radius 3 is 1.45 bits per heavy atom. The molecule has 0 amide bonds. The lowest BCUT2D eigenvalue weighted by Crippen LogP contribution is -2.52. The van der Waals surface area contributed by atoms with E-state index in [2.05, 4.69) is 9.80 Å². The van der Waals surface area contributed by atoms with Crippen LogP contribution in [0.15, 0.2) is 0 Å². The van der Waals surface area contributed by atoms with Gasteiger partial charge in [-0.25, -0.2) is 0 Å². The van der Waals surface area contributed by atoms with Gasteiger partial charge in [0.25, 0.3) is 0 Å². The summed E-state index contributed by atoms with van der Waals surface area (Å²) < 4.78 is 0. The maximum absolute atomic E-state index is 12.8. The molecule has 0 bridgehead atoms. The van der Waals surface area contributed by atoms with Crippen LogP contribution in [0.25, 0.3) is 0 Å². The monoisotopic (exact) mass is 312 g/mol. The van der Waals surface area contributed by atoms with Crippen molar-refractivity contribution in [2.75, 3.05) is 39.4 Å². The lowest BCUT2D eigenvalue weighted by molar-refractivity contribution is -0.129. The van der Waals surface area contributed by atoms with Crippen LogP contribution in [0, 0.1) is 11.8 Å². The van der Waals surface area contributed by atoms with Crippen LogP contribution in [0.4, 0.5) is 0 Å². The van der Waals surface area contributed by atoms with Gasteiger partial charge in [-0.05, 0) is 77.5 Å². The van der Waals surface area contributed by atoms with Gasteiger partial charge in [0.2, 0.25) is 0 Å². The molecule has 128 valence electrons. The molecule has 2 aliphatic rings. The second kappa shape index (κ2) is 8.39. The first-order valence-electron chi connectivity index (χ1n) is 8.80. The van der Waals surface area contributed by atoms with E-state index in [4.69, 9.17) is 0 Å². The van der Waals surface area contributed by atoms with Crippen LogP contribution in [-0.2, 0) is 4.79 Å². The summed E-state index contributed by atoms with van der Waals surface area (Å²) in [5.41, 5.74) is 0. The largest absolute Gasteiger partial charge is 0.396 e. The normalized spacial score (nSPS) is 26.0. The topological polar surface area (TPSA) is 64.0 Å². The standard InChI is InChI=1S/C17H32N2O3/c1-13(18-7-3-15(11-20)4-8-18)17(22)14(2)19-9-5-16(12-21)6-10-19/h13-16,20-21H,3-12H2,1-2H3. The summed E-state index contributed by atoms with van der Waals surface area (Å²) in [6.07, 6.45) is 3.96. The average molecular weight is 312 g/mol. The number of ketones is 1. The molecule has 2 aliphatic heterocycles. The number of piperidine rings is 2. The third-order valence-corrected chi connectivity index (χ3v) is 5.73. The Labute approximate surface area is 134 Å². The third kappa shape index (κ3) is 4.28. The first-order valence-corrected chi connectivity index (χ1v) is 8.80. The predicted molar refractivity (Wildman–Crippen MR) is 86.7 cm³/mol. The molecule has 2 heterocycles. The molecule has 2 saturated heterocycles. The van der Waals surface area contributed by atoms with Gasteiger partial charge in [-0.15, -0.1) is 0 Å². The number of hydrogen-bond acceptors (Lipinski definition) is 5. The van der Waals surface area contributed by atoms with Gasteiger partial charge in [0.1, 0.15) is 0 Å². The minimum atomic E-state index is -0.0368. The maximum atomic E-state index is 12.8. The van der Waals surface area contributed by atoms with E-state index in [1.54, 1.807) is 0 Å². The summed E-state index contributed by atoms with van der Waals surface area (Å²) in [6.45, 7) is 8.25. The summed E-state index contributed by atoms with van der Waals surface area (Å²) in [6, 6.07) is -0.0737. The van der Waals surface area contributed by atoms with Crippen molar-refractivity contribution in [1.82, 2.24) is 9.80 Å². The van der Waals surface area contributed by atoms with Crippen molar-refractivity contribution in [3.63, 3.8) is 0 Å². The number of aliphatic hydroxyl groups is 2. The van der Waals surface area contributed by atoms with Crippen LogP contribution in [0.5, 0.6) is 0 Å². The molecule has 22 heavy (non-hydrogen) atoms. The summed E-state index contributed by atoms with van der Waals surface area (Å²) in [5, 5.41) is 18.4. The molecule has 5 nitrogen and oxygen atoms in total. The lowest BCUT2D eigenvalue weighted by atomic mass is 9.93. The van der Waals surface area contributed by atoms with Crippen molar-refractivity contribution < 1.29 is 15.0 Å². The Kier molecular flexibility index (Phi) is 6.81. The molecule has 2 unspecified atom stereocenters. The van der Waals surface area contributed by atoms with E-state index in [0.717, 1.165) is 51.9 Å². The highest BCUT2D eigenvalue weighted by Crippen LogP contribution is 2.22. The zero-order valence-corrected chi connectivity index (χ0v) is 14.1. The molecule has 0 radical (unpaired) electrons. The molecule has 0 aliphatic carbocycles. The summed E-state index contributed by atoms with van der Waals surface area (Å²) in [4.78, 5) is 17.3. The van der Waals surface area contributed by atoms with E-state index >= 15 is 0 Å². The van der Waals surface area contributed by atoms with Gasteiger partial charge in [0.05, 0.1) is 12.1 Å². The fourth-order valence-electron chi connectivity index (χ4n) is 3.75. The van der Waals surface area contributed by atoms with E-state index < -0.39 is 0 Å². The van der Waals surface area contributed by atoms with E-state index in [-0.39, 0.29) is 25.3 Å². The van der Waals surface area contributed by atoms with Crippen molar-refractivity contribution in [1.29, 1.82) is 0 Å². The van der Waals surface area contributed by atoms with Crippen molar-refractivity contribution in [3.05, 3.63) is 0 Å². The van der Waals surface area contributed by atoms with Crippen LogP contribution in [0.2, 0.25) is 0 Å². The van der Waals surface area contributed by atoms with Crippen molar-refractivity contribution in [3.8, 4) is 0 Å². The quantitative estimate of drug-likeness (QED) is 0.757. The molecule has 2 fully saturated rings. The Bertz CT molecular complexity index is 316. The minimum Gasteiger partial charge on any atom is -0.396 e. The average Bonchev–Trinajstić information content (AvgIpc) is 2.60. The zero-order chi connectivity index (χ0) is 16.1. The summed E-state index contributed by atoms with van der Waals surface area (Å²) in [5.74, 6) is 1.13. The lowest BCUT2D eigenvalue weighted by Gasteiger charge is -2.39. The summed E-state index contributed by atoms with van der Waals surface area (Å²) >= 11 is 0. The highest BCUT2D eigenvalue weighted by atomic mass is 16.3. The van der Waals surface area contributed by atoms with Crippen molar-refractivity contribution >= 4 is 5.78 Å². The van der Waals surface area contributed by atoms with Crippen LogP contribution in [0.3, 0.4) is 0 Å². The van der Waals surface area contributed by atoms with Gasteiger partial charge in [0, 0.05) is 13.2 Å². The molecule has 2 atom stereocenters. The number of Topliss-reactive ketones (excluding diaryl/α,β-unsaturated/α-hetero) is 1. The van der Waals surface area contributed by atoms with Crippen LogP contribution >= 0.6 is 0 Å². The smallest absolute Gasteiger partial charge is 0.166 e. The molecule has 0 aromatic rings. The summed E-state index contributed by atoms with van der Waals surface area (Å²) in [7, 11) is 0. The van der Waals surface area contributed by atoms with Crippen molar-refractivity contribution in [2.45, 2.75) is 51.6 Å². The molecule has 2 N–H and O–H groups in total. The second-order valence-corrected chi connectivity index (χ2v) is 7.08. The Hall–Kier alpha value is -0.490. The third-order valence-electron chi connectivity index (χ3n) is 5.73. The highest BCUT2D eigenvalue weighted by Gasteiger charge is 2.32. The van der Waals surface area contributed by atoms with Gasteiger partial charge in [-0.2, -0.15) is 0 Å². The Morgan fingerprint density at radius 1 is 0.864 bits per heavy atom. The minimum absolute atomic E-state index is 0.0368. The van der Waals surface area contributed by atoms with Crippen LogP contribution in [0.1, 0.15) is 39.5 Å². The second-order valence-electron chi connectivity index (χ2n) is 7.08. The van der Waals surface area contributed by atoms with Crippen LogP contribution in [-0.4, -0.2) is 77.3 Å². The number of likely N-dealkylation sites (tertiary alicyclic amines) is 2. The molecule has 2 rings (SSSR count). The Morgan fingerprint density at radius 2 is 1.18 bits per heavy atom. The van der Waals surface area contributed by atoms with Gasteiger partial charge < -0.3 is 10.2 Å².